The first kappa shape index (κ1) is 15.7. The fourth-order valence-electron chi connectivity index (χ4n) is 2.15. The Kier molecular flexibility index (Phi) is 6.54. The molecule has 0 N–H and O–H groups in total. The normalized spacial score (nSPS) is 10.5. The van der Waals surface area contributed by atoms with Crippen LogP contribution in [0.2, 0.25) is 0 Å². The fraction of sp³-hybridized carbons (Fsp3) is 0.562. The fourth-order valence-corrected chi connectivity index (χ4v) is 2.15. The molecule has 3 heteroatoms. The van der Waals surface area contributed by atoms with Gasteiger partial charge in [-0.15, -0.1) is 0 Å². The van der Waals surface area contributed by atoms with Gasteiger partial charge in [-0.3, -0.25) is 4.79 Å². The van der Waals surface area contributed by atoms with Crippen LogP contribution in [0.5, 0.6) is 0 Å². The Morgan fingerprint density at radius 3 is 2.21 bits per heavy atom. The Balaban J connectivity index is 3.08. The van der Waals surface area contributed by atoms with Crippen LogP contribution in [0.25, 0.3) is 0 Å². The standard InChI is InChI=1S/C16H24FNO/c1-4-6-11-18(12-7-5-2)16-14(13(3)19)9-8-10-15(16)17/h8-10H,4-7,11-12H2,1-3H3. The summed E-state index contributed by atoms with van der Waals surface area (Å²) in [7, 11) is 0. The van der Waals surface area contributed by atoms with Crippen LogP contribution < -0.4 is 4.90 Å². The summed E-state index contributed by atoms with van der Waals surface area (Å²) in [6.07, 6.45) is 4.14. The molecule has 0 aliphatic rings. The van der Waals surface area contributed by atoms with E-state index >= 15 is 0 Å². The van der Waals surface area contributed by atoms with E-state index in [1.54, 1.807) is 12.1 Å². The largest absolute Gasteiger partial charge is 0.369 e. The lowest BCUT2D eigenvalue weighted by atomic mass is 10.1. The zero-order valence-electron chi connectivity index (χ0n) is 12.2. The molecule has 2 nitrogen and oxygen atoms in total. The van der Waals surface area contributed by atoms with Gasteiger partial charge >= 0.3 is 0 Å². The first-order chi connectivity index (χ1) is 9.11. The lowest BCUT2D eigenvalue weighted by molar-refractivity contribution is 0.101. The van der Waals surface area contributed by atoms with E-state index < -0.39 is 0 Å². The number of benzene rings is 1. The van der Waals surface area contributed by atoms with Crippen molar-refractivity contribution in [3.63, 3.8) is 0 Å². The Hall–Kier alpha value is -1.38. The van der Waals surface area contributed by atoms with Crippen molar-refractivity contribution in [2.75, 3.05) is 18.0 Å². The molecule has 0 aromatic heterocycles. The molecule has 0 saturated carbocycles. The zero-order valence-corrected chi connectivity index (χ0v) is 12.2. The average molecular weight is 265 g/mol. The number of Topliss-reactive ketones (excluding diaryl/α,β-unsaturated/α-hetero) is 1. The molecule has 0 aliphatic heterocycles. The molecule has 106 valence electrons. The average Bonchev–Trinajstić information content (AvgIpc) is 2.39. The molecule has 19 heavy (non-hydrogen) atoms. The maximum Gasteiger partial charge on any atom is 0.161 e. The minimum atomic E-state index is -0.292. The molecule has 0 amide bonds. The van der Waals surface area contributed by atoms with Crippen molar-refractivity contribution in [2.45, 2.75) is 46.5 Å². The number of para-hydroxylation sites is 1. The molecular formula is C16H24FNO. The molecule has 0 aliphatic carbocycles. The van der Waals surface area contributed by atoms with Gasteiger partial charge in [0.25, 0.3) is 0 Å². The molecule has 0 atom stereocenters. The van der Waals surface area contributed by atoms with Gasteiger partial charge in [-0.2, -0.15) is 0 Å². The van der Waals surface area contributed by atoms with E-state index in [0.717, 1.165) is 38.8 Å². The zero-order chi connectivity index (χ0) is 14.3. The highest BCUT2D eigenvalue weighted by Gasteiger charge is 2.17. The van der Waals surface area contributed by atoms with Crippen LogP contribution in [0.1, 0.15) is 56.8 Å². The van der Waals surface area contributed by atoms with Crippen molar-refractivity contribution in [3.05, 3.63) is 29.6 Å². The quantitative estimate of drug-likeness (QED) is 0.648. The van der Waals surface area contributed by atoms with Gasteiger partial charge in [0.1, 0.15) is 5.82 Å². The number of ketones is 1. The van der Waals surface area contributed by atoms with Crippen molar-refractivity contribution in [1.29, 1.82) is 0 Å². The SMILES string of the molecule is CCCCN(CCCC)c1c(F)cccc1C(C)=O. The highest BCUT2D eigenvalue weighted by Crippen LogP contribution is 2.26. The van der Waals surface area contributed by atoms with Crippen molar-refractivity contribution >= 4 is 11.5 Å². The van der Waals surface area contributed by atoms with Crippen molar-refractivity contribution in [3.8, 4) is 0 Å². The van der Waals surface area contributed by atoms with E-state index in [0.29, 0.717) is 11.3 Å². The number of carbonyl (C=O) groups excluding carboxylic acids is 1. The Morgan fingerprint density at radius 1 is 1.16 bits per heavy atom. The van der Waals surface area contributed by atoms with Crippen LogP contribution in [0.15, 0.2) is 18.2 Å². The molecule has 0 fully saturated rings. The van der Waals surface area contributed by atoms with E-state index in [1.807, 2.05) is 4.90 Å². The number of halogens is 1. The van der Waals surface area contributed by atoms with Crippen LogP contribution in [0.4, 0.5) is 10.1 Å². The first-order valence-electron chi connectivity index (χ1n) is 7.16. The molecule has 1 aromatic carbocycles. The van der Waals surface area contributed by atoms with Gasteiger partial charge in [-0.25, -0.2) is 4.39 Å². The minimum absolute atomic E-state index is 0.0764. The van der Waals surface area contributed by atoms with Gasteiger partial charge in [0, 0.05) is 18.7 Å². The minimum Gasteiger partial charge on any atom is -0.369 e. The summed E-state index contributed by atoms with van der Waals surface area (Å²) >= 11 is 0. The molecule has 0 radical (unpaired) electrons. The third kappa shape index (κ3) is 4.34. The summed E-state index contributed by atoms with van der Waals surface area (Å²) in [6.45, 7) is 7.34. The summed E-state index contributed by atoms with van der Waals surface area (Å²) in [5, 5.41) is 0. The molecule has 0 unspecified atom stereocenters. The van der Waals surface area contributed by atoms with Gasteiger partial charge in [-0.05, 0) is 31.9 Å². The maximum absolute atomic E-state index is 14.1. The topological polar surface area (TPSA) is 20.3 Å². The number of nitrogens with zero attached hydrogens (tertiary/aromatic N) is 1. The Morgan fingerprint density at radius 2 is 1.74 bits per heavy atom. The number of anilines is 1. The van der Waals surface area contributed by atoms with Crippen LogP contribution in [0, 0.1) is 5.82 Å². The number of unbranched alkanes of at least 4 members (excludes halogenated alkanes) is 2. The second-order valence-corrected chi connectivity index (χ2v) is 4.89. The Bertz CT molecular complexity index is 409. The van der Waals surface area contributed by atoms with Crippen LogP contribution in [-0.2, 0) is 0 Å². The Labute approximate surface area is 115 Å². The molecule has 0 bridgehead atoms. The van der Waals surface area contributed by atoms with Gasteiger partial charge in [-0.1, -0.05) is 32.8 Å². The molecule has 1 aromatic rings. The number of hydrogen-bond acceptors (Lipinski definition) is 2. The van der Waals surface area contributed by atoms with E-state index in [9.17, 15) is 9.18 Å². The first-order valence-corrected chi connectivity index (χ1v) is 7.16. The highest BCUT2D eigenvalue weighted by atomic mass is 19.1. The lowest BCUT2D eigenvalue weighted by Gasteiger charge is -2.27. The van der Waals surface area contributed by atoms with Crippen molar-refractivity contribution in [1.82, 2.24) is 0 Å². The van der Waals surface area contributed by atoms with Gasteiger partial charge in [0.2, 0.25) is 0 Å². The van der Waals surface area contributed by atoms with Crippen LogP contribution >= 0.6 is 0 Å². The molecule has 0 saturated heterocycles. The van der Waals surface area contributed by atoms with E-state index in [4.69, 9.17) is 0 Å². The van der Waals surface area contributed by atoms with Gasteiger partial charge < -0.3 is 4.90 Å². The summed E-state index contributed by atoms with van der Waals surface area (Å²) in [6, 6.07) is 4.76. The predicted octanol–water partition coefficient (Wildman–Crippen LogP) is 4.43. The second-order valence-electron chi connectivity index (χ2n) is 4.89. The summed E-state index contributed by atoms with van der Waals surface area (Å²) in [5.41, 5.74) is 0.976. The van der Waals surface area contributed by atoms with Gasteiger partial charge in [0.05, 0.1) is 5.69 Å². The molecular weight excluding hydrogens is 241 g/mol. The van der Waals surface area contributed by atoms with Crippen LogP contribution in [0.3, 0.4) is 0 Å². The maximum atomic E-state index is 14.1. The highest BCUT2D eigenvalue weighted by molar-refractivity contribution is 5.99. The van der Waals surface area contributed by atoms with Crippen molar-refractivity contribution in [2.24, 2.45) is 0 Å². The third-order valence-corrected chi connectivity index (χ3v) is 3.25. The third-order valence-electron chi connectivity index (χ3n) is 3.25. The van der Waals surface area contributed by atoms with Crippen molar-refractivity contribution < 1.29 is 9.18 Å². The van der Waals surface area contributed by atoms with Crippen LogP contribution in [-0.4, -0.2) is 18.9 Å². The van der Waals surface area contributed by atoms with E-state index in [-0.39, 0.29) is 11.6 Å². The number of rotatable bonds is 8. The number of carbonyl (C=O) groups is 1. The number of hydrogen-bond donors (Lipinski definition) is 0. The summed E-state index contributed by atoms with van der Waals surface area (Å²) < 4.78 is 14.1. The lowest BCUT2D eigenvalue weighted by Crippen LogP contribution is -2.28. The van der Waals surface area contributed by atoms with E-state index in [2.05, 4.69) is 13.8 Å². The predicted molar refractivity (Wildman–Crippen MR) is 78.4 cm³/mol. The molecule has 0 heterocycles. The second kappa shape index (κ2) is 7.93. The molecule has 1 rings (SSSR count). The summed E-state index contributed by atoms with van der Waals surface area (Å²) in [5.74, 6) is -0.368. The monoisotopic (exact) mass is 265 g/mol. The molecule has 0 spiro atoms. The van der Waals surface area contributed by atoms with Gasteiger partial charge in [0.15, 0.2) is 5.78 Å². The van der Waals surface area contributed by atoms with E-state index in [1.165, 1.54) is 13.0 Å². The smallest absolute Gasteiger partial charge is 0.161 e. The summed E-state index contributed by atoms with van der Waals surface area (Å²) in [4.78, 5) is 13.7.